The summed E-state index contributed by atoms with van der Waals surface area (Å²) in [5, 5.41) is 19.1. The van der Waals surface area contributed by atoms with Crippen LogP contribution in [0.5, 0.6) is 0 Å². The Morgan fingerprint density at radius 2 is 2.17 bits per heavy atom. The van der Waals surface area contributed by atoms with E-state index in [0.717, 1.165) is 6.42 Å². The molecule has 0 aromatic heterocycles. The van der Waals surface area contributed by atoms with Gasteiger partial charge in [-0.2, -0.15) is 0 Å². The Balaban J connectivity index is 3.96. The maximum Gasteiger partial charge on any atom is 0.0903 e. The molecule has 0 aliphatic rings. The van der Waals surface area contributed by atoms with E-state index in [2.05, 4.69) is 6.92 Å². The van der Waals surface area contributed by atoms with E-state index in [1.54, 1.807) is 13.0 Å². The monoisotopic (exact) mass is 171 g/mol. The van der Waals surface area contributed by atoms with Gasteiger partial charge in [0.05, 0.1) is 11.7 Å². The summed E-state index contributed by atoms with van der Waals surface area (Å²) < 4.78 is 0. The van der Waals surface area contributed by atoms with Gasteiger partial charge in [0.1, 0.15) is 0 Å². The van der Waals surface area contributed by atoms with Crippen LogP contribution in [0.25, 0.3) is 0 Å². The molecule has 2 atom stereocenters. The zero-order valence-electron chi connectivity index (χ0n) is 7.95. The molecule has 0 heterocycles. The number of hydrogen-bond acceptors (Lipinski definition) is 2. The van der Waals surface area contributed by atoms with Gasteiger partial charge in [0, 0.05) is 0 Å². The van der Waals surface area contributed by atoms with Gasteiger partial charge in [-0.25, -0.2) is 0 Å². The van der Waals surface area contributed by atoms with Crippen molar-refractivity contribution in [2.45, 2.75) is 44.8 Å². The molecule has 12 heavy (non-hydrogen) atoms. The topological polar surface area (TPSA) is 40.5 Å². The lowest BCUT2D eigenvalue weighted by Crippen LogP contribution is -2.39. The first-order valence-corrected chi connectivity index (χ1v) is 4.41. The molecule has 0 aliphatic heterocycles. The summed E-state index contributed by atoms with van der Waals surface area (Å²) in [4.78, 5) is 0. The quantitative estimate of drug-likeness (QED) is 0.660. The Kier molecular flexibility index (Phi) is 5.18. The summed E-state index contributed by atoms with van der Waals surface area (Å²) in [7, 11) is 0. The first-order valence-electron chi connectivity index (χ1n) is 4.41. The third-order valence-electron chi connectivity index (χ3n) is 2.30. The predicted molar refractivity (Wildman–Crippen MR) is 50.7 cm³/mol. The summed E-state index contributed by atoms with van der Waals surface area (Å²) in [6.45, 7) is 7.05. The third-order valence-corrected chi connectivity index (χ3v) is 2.30. The maximum atomic E-state index is 9.82. The van der Waals surface area contributed by atoms with E-state index in [1.807, 2.05) is 13.0 Å². The molecule has 2 heteroatoms. The Morgan fingerprint density at radius 3 is 2.50 bits per heavy atom. The smallest absolute Gasteiger partial charge is 0.0903 e. The number of rotatable bonds is 5. The van der Waals surface area contributed by atoms with E-state index in [-0.39, 0.29) is 0 Å². The van der Waals surface area contributed by atoms with Crippen LogP contribution in [0, 0.1) is 6.92 Å². The molecule has 0 saturated heterocycles. The summed E-state index contributed by atoms with van der Waals surface area (Å²) in [6.07, 6.45) is 4.86. The van der Waals surface area contributed by atoms with Crippen LogP contribution in [0.2, 0.25) is 0 Å². The van der Waals surface area contributed by atoms with Crippen molar-refractivity contribution in [3.05, 3.63) is 19.1 Å². The summed E-state index contributed by atoms with van der Waals surface area (Å²) in [5.74, 6) is 0. The van der Waals surface area contributed by atoms with Crippen molar-refractivity contribution in [3.8, 4) is 0 Å². The lowest BCUT2D eigenvalue weighted by Gasteiger charge is -2.29. The Labute approximate surface area is 74.9 Å². The van der Waals surface area contributed by atoms with E-state index < -0.39 is 11.7 Å². The normalized spacial score (nSPS) is 19.4. The van der Waals surface area contributed by atoms with E-state index in [1.165, 1.54) is 0 Å². The number of aliphatic hydroxyl groups excluding tert-OH is 1. The maximum absolute atomic E-state index is 9.82. The molecule has 0 aromatic rings. The molecule has 2 unspecified atom stereocenters. The van der Waals surface area contributed by atoms with Crippen LogP contribution in [0.4, 0.5) is 0 Å². The molecular weight excluding hydrogens is 152 g/mol. The fourth-order valence-electron chi connectivity index (χ4n) is 1.13. The first-order chi connectivity index (χ1) is 5.56. The Bertz CT molecular complexity index is 141. The average molecular weight is 171 g/mol. The molecule has 0 amide bonds. The average Bonchev–Trinajstić information content (AvgIpc) is 2.04. The molecule has 71 valence electrons. The largest absolute Gasteiger partial charge is 0.390 e. The van der Waals surface area contributed by atoms with Gasteiger partial charge in [0.2, 0.25) is 0 Å². The van der Waals surface area contributed by atoms with Gasteiger partial charge >= 0.3 is 0 Å². The van der Waals surface area contributed by atoms with Gasteiger partial charge in [-0.3, -0.25) is 0 Å². The minimum absolute atomic E-state index is 0.579. The van der Waals surface area contributed by atoms with Crippen LogP contribution in [0.15, 0.2) is 12.2 Å². The standard InChI is InChI=1S/C10H19O2/c1-4-6-7-8-10(12,5-2)9(3)11/h4,6,9,11-12H,1,5,7-8H2,2-3H3. The molecule has 0 aliphatic carbocycles. The molecule has 0 spiro atoms. The number of aliphatic hydroxyl groups is 2. The Hall–Kier alpha value is -0.340. The highest BCUT2D eigenvalue weighted by atomic mass is 16.3. The van der Waals surface area contributed by atoms with Crippen LogP contribution in [0.1, 0.15) is 33.1 Å². The van der Waals surface area contributed by atoms with Crippen LogP contribution >= 0.6 is 0 Å². The molecular formula is C10H19O2. The van der Waals surface area contributed by atoms with Crippen LogP contribution in [-0.4, -0.2) is 21.9 Å². The van der Waals surface area contributed by atoms with Crippen LogP contribution in [0.3, 0.4) is 0 Å². The van der Waals surface area contributed by atoms with Crippen LogP contribution < -0.4 is 0 Å². The summed E-state index contributed by atoms with van der Waals surface area (Å²) >= 11 is 0. The van der Waals surface area contributed by atoms with Gasteiger partial charge in [-0.1, -0.05) is 19.1 Å². The van der Waals surface area contributed by atoms with Gasteiger partial charge in [-0.05, 0) is 33.1 Å². The fourth-order valence-corrected chi connectivity index (χ4v) is 1.13. The second kappa shape index (κ2) is 5.33. The zero-order chi connectivity index (χ0) is 9.61. The van der Waals surface area contributed by atoms with Gasteiger partial charge in [-0.15, -0.1) is 0 Å². The summed E-state index contributed by atoms with van der Waals surface area (Å²) in [6, 6.07) is 0. The van der Waals surface area contributed by atoms with Gasteiger partial charge in [0.15, 0.2) is 0 Å². The molecule has 0 rings (SSSR count). The number of hydrogen-bond donors (Lipinski definition) is 2. The van der Waals surface area contributed by atoms with Crippen molar-refractivity contribution >= 4 is 0 Å². The predicted octanol–water partition coefficient (Wildman–Crippen LogP) is 1.68. The van der Waals surface area contributed by atoms with E-state index >= 15 is 0 Å². The minimum atomic E-state index is -0.931. The molecule has 0 fully saturated rings. The Morgan fingerprint density at radius 1 is 1.58 bits per heavy atom. The highest BCUT2D eigenvalue weighted by Crippen LogP contribution is 2.21. The van der Waals surface area contributed by atoms with Crippen LogP contribution in [-0.2, 0) is 0 Å². The van der Waals surface area contributed by atoms with Crippen molar-refractivity contribution in [2.24, 2.45) is 0 Å². The molecule has 0 bridgehead atoms. The third kappa shape index (κ3) is 3.37. The van der Waals surface area contributed by atoms with E-state index in [4.69, 9.17) is 0 Å². The van der Waals surface area contributed by atoms with Gasteiger partial charge in [0.25, 0.3) is 0 Å². The fraction of sp³-hybridized carbons (Fsp3) is 0.700. The van der Waals surface area contributed by atoms with Crippen molar-refractivity contribution in [1.29, 1.82) is 0 Å². The molecule has 1 radical (unpaired) electrons. The minimum Gasteiger partial charge on any atom is -0.390 e. The molecule has 2 N–H and O–H groups in total. The van der Waals surface area contributed by atoms with Gasteiger partial charge < -0.3 is 10.2 Å². The van der Waals surface area contributed by atoms with Crippen molar-refractivity contribution in [3.63, 3.8) is 0 Å². The summed E-state index contributed by atoms with van der Waals surface area (Å²) in [5.41, 5.74) is -0.931. The molecule has 0 saturated carbocycles. The van der Waals surface area contributed by atoms with E-state index in [0.29, 0.717) is 12.8 Å². The first kappa shape index (κ1) is 11.7. The zero-order valence-corrected chi connectivity index (χ0v) is 7.95. The van der Waals surface area contributed by atoms with Crippen molar-refractivity contribution < 1.29 is 10.2 Å². The van der Waals surface area contributed by atoms with Crippen molar-refractivity contribution in [1.82, 2.24) is 0 Å². The molecule has 0 aromatic carbocycles. The highest BCUT2D eigenvalue weighted by molar-refractivity contribution is 4.89. The SMILES string of the molecule is [CH2]C=CCCC(O)(CC)C(C)O. The number of allylic oxidation sites excluding steroid dienone is 2. The lowest BCUT2D eigenvalue weighted by molar-refractivity contribution is -0.0732. The van der Waals surface area contributed by atoms with Crippen molar-refractivity contribution in [2.75, 3.05) is 0 Å². The second-order valence-corrected chi connectivity index (χ2v) is 3.14. The lowest BCUT2D eigenvalue weighted by atomic mass is 9.89. The molecule has 2 nitrogen and oxygen atoms in total. The highest BCUT2D eigenvalue weighted by Gasteiger charge is 2.29. The van der Waals surface area contributed by atoms with E-state index in [9.17, 15) is 10.2 Å². The second-order valence-electron chi connectivity index (χ2n) is 3.14.